The van der Waals surface area contributed by atoms with Gasteiger partial charge >= 0.3 is 0 Å². The van der Waals surface area contributed by atoms with Gasteiger partial charge in [-0.1, -0.05) is 18.2 Å². The number of hydrogen-bond acceptors (Lipinski definition) is 5. The molecule has 2 aromatic rings. The Morgan fingerprint density at radius 1 is 1.14 bits per heavy atom. The van der Waals surface area contributed by atoms with E-state index in [1.54, 1.807) is 0 Å². The number of aliphatic hydroxyl groups is 1. The Kier molecular flexibility index (Phi) is 10.4. The number of halogens is 1. The third kappa shape index (κ3) is 8.23. The summed E-state index contributed by atoms with van der Waals surface area (Å²) in [6, 6.07) is 12.2. The molecule has 0 aliphatic carbocycles. The first-order valence-corrected chi connectivity index (χ1v) is 6.67. The fraction of sp³-hybridized carbons (Fsp3) is 0.357. The summed E-state index contributed by atoms with van der Waals surface area (Å²) in [5.74, 6) is 0.924. The van der Waals surface area contributed by atoms with Crippen molar-refractivity contribution in [1.29, 1.82) is 0 Å². The molecule has 1 heterocycles. The summed E-state index contributed by atoms with van der Waals surface area (Å²) in [7, 11) is 0. The number of aromatic nitrogens is 1. The molecule has 122 valence electrons. The van der Waals surface area contributed by atoms with Gasteiger partial charge in [-0.05, 0) is 37.5 Å². The third-order valence-corrected chi connectivity index (χ3v) is 2.74. The Balaban J connectivity index is 0.000000791. The first-order valence-electron chi connectivity index (χ1n) is 6.67. The molecule has 22 heavy (non-hydrogen) atoms. The standard InChI is InChI=1S/C14H18N2O.ClH.HNO3/c17-11-5-1-4-10-15-14-9-8-12-6-2-3-7-13(12)16-14;;2-1(3)4/h2-3,6-9,17H,1,4-5,10-11H2,(H,15,16);1H;(H,2,3,4). The second kappa shape index (κ2) is 11.5. The molecule has 0 amide bonds. The number of anilines is 1. The number of hydrogen-bond donors (Lipinski definition) is 3. The van der Waals surface area contributed by atoms with Gasteiger partial charge < -0.3 is 15.6 Å². The van der Waals surface area contributed by atoms with Gasteiger partial charge in [-0.3, -0.25) is 0 Å². The van der Waals surface area contributed by atoms with Crippen LogP contribution in [0.15, 0.2) is 36.4 Å². The van der Waals surface area contributed by atoms with E-state index in [2.05, 4.69) is 22.4 Å². The van der Waals surface area contributed by atoms with Crippen molar-refractivity contribution in [3.05, 3.63) is 46.5 Å². The summed E-state index contributed by atoms with van der Waals surface area (Å²) in [5, 5.41) is 26.8. The summed E-state index contributed by atoms with van der Waals surface area (Å²) in [6.45, 7) is 1.19. The van der Waals surface area contributed by atoms with E-state index in [1.165, 1.54) is 5.39 Å². The highest BCUT2D eigenvalue weighted by molar-refractivity contribution is 5.85. The molecule has 0 spiro atoms. The van der Waals surface area contributed by atoms with E-state index in [0.29, 0.717) is 0 Å². The van der Waals surface area contributed by atoms with E-state index in [9.17, 15) is 0 Å². The first-order chi connectivity index (χ1) is 10.1. The van der Waals surface area contributed by atoms with Gasteiger partial charge in [0.25, 0.3) is 5.09 Å². The minimum atomic E-state index is -1.50. The SMILES string of the molecule is Cl.O=[N+]([O-])O.OCCCCCNc1ccc2ccccc2n1. The summed E-state index contributed by atoms with van der Waals surface area (Å²) < 4.78 is 0. The second-order valence-electron chi connectivity index (χ2n) is 4.34. The number of fused-ring (bicyclic) bond motifs is 1. The van der Waals surface area contributed by atoms with Crippen LogP contribution in [0.1, 0.15) is 19.3 Å². The van der Waals surface area contributed by atoms with E-state index < -0.39 is 5.09 Å². The minimum absolute atomic E-state index is 0. The number of nitrogens with zero attached hydrogens (tertiary/aromatic N) is 2. The lowest BCUT2D eigenvalue weighted by Crippen LogP contribution is -2.03. The molecule has 7 nitrogen and oxygen atoms in total. The molecule has 0 fully saturated rings. The molecule has 0 saturated carbocycles. The van der Waals surface area contributed by atoms with E-state index in [1.807, 2.05) is 24.3 Å². The van der Waals surface area contributed by atoms with Crippen molar-refractivity contribution >= 4 is 29.1 Å². The van der Waals surface area contributed by atoms with Gasteiger partial charge in [0.2, 0.25) is 0 Å². The number of para-hydroxylation sites is 1. The smallest absolute Gasteiger partial charge is 0.291 e. The zero-order chi connectivity index (χ0) is 15.5. The van der Waals surface area contributed by atoms with E-state index in [4.69, 9.17) is 20.4 Å². The van der Waals surface area contributed by atoms with Gasteiger partial charge in [0, 0.05) is 18.5 Å². The van der Waals surface area contributed by atoms with Crippen molar-refractivity contribution < 1.29 is 15.4 Å². The molecule has 0 saturated heterocycles. The van der Waals surface area contributed by atoms with Crippen LogP contribution >= 0.6 is 12.4 Å². The minimum Gasteiger partial charge on any atom is -0.396 e. The normalized spacial score (nSPS) is 9.32. The van der Waals surface area contributed by atoms with Crippen LogP contribution in [-0.2, 0) is 0 Å². The maximum atomic E-state index is 8.67. The third-order valence-electron chi connectivity index (χ3n) is 2.74. The summed E-state index contributed by atoms with van der Waals surface area (Å²) in [5.41, 5.74) is 1.02. The van der Waals surface area contributed by atoms with E-state index >= 15 is 0 Å². The summed E-state index contributed by atoms with van der Waals surface area (Å²) >= 11 is 0. The van der Waals surface area contributed by atoms with Gasteiger partial charge in [-0.2, -0.15) is 0 Å². The molecule has 0 atom stereocenters. The van der Waals surface area contributed by atoms with Gasteiger partial charge in [0.15, 0.2) is 0 Å². The maximum absolute atomic E-state index is 8.67. The predicted octanol–water partition coefficient (Wildman–Crippen LogP) is 2.88. The maximum Gasteiger partial charge on any atom is 0.291 e. The molecule has 2 rings (SSSR count). The van der Waals surface area contributed by atoms with Crippen LogP contribution in [0.2, 0.25) is 0 Å². The molecule has 1 aromatic carbocycles. The topological polar surface area (TPSA) is 109 Å². The van der Waals surface area contributed by atoms with Crippen molar-refractivity contribution in [2.45, 2.75) is 19.3 Å². The fourth-order valence-corrected chi connectivity index (χ4v) is 1.79. The lowest BCUT2D eigenvalue weighted by atomic mass is 10.2. The fourth-order valence-electron chi connectivity index (χ4n) is 1.79. The van der Waals surface area contributed by atoms with Crippen LogP contribution in [0.3, 0.4) is 0 Å². The Hall–Kier alpha value is -2.12. The molecule has 3 N–H and O–H groups in total. The Morgan fingerprint density at radius 2 is 1.82 bits per heavy atom. The molecule has 1 aromatic heterocycles. The van der Waals surface area contributed by atoms with Crippen LogP contribution in [0, 0.1) is 10.1 Å². The average Bonchev–Trinajstić information content (AvgIpc) is 2.46. The number of rotatable bonds is 6. The molecular formula is C14H20ClN3O4. The summed E-state index contributed by atoms with van der Waals surface area (Å²) in [4.78, 5) is 12.9. The first kappa shape index (κ1) is 19.9. The Morgan fingerprint density at radius 3 is 2.50 bits per heavy atom. The number of pyridine rings is 1. The highest BCUT2D eigenvalue weighted by Gasteiger charge is 1.96. The van der Waals surface area contributed by atoms with Crippen LogP contribution in [0.5, 0.6) is 0 Å². The van der Waals surface area contributed by atoms with Crippen molar-refractivity contribution in [2.24, 2.45) is 0 Å². The van der Waals surface area contributed by atoms with E-state index in [-0.39, 0.29) is 19.0 Å². The molecule has 0 bridgehead atoms. The quantitative estimate of drug-likeness (QED) is 0.427. The van der Waals surface area contributed by atoms with Gasteiger partial charge in [-0.25, -0.2) is 4.98 Å². The highest BCUT2D eigenvalue weighted by Crippen LogP contribution is 2.14. The highest BCUT2D eigenvalue weighted by atomic mass is 35.5. The summed E-state index contributed by atoms with van der Waals surface area (Å²) in [6.07, 6.45) is 3.00. The predicted molar refractivity (Wildman–Crippen MR) is 87.2 cm³/mol. The largest absolute Gasteiger partial charge is 0.396 e. The van der Waals surface area contributed by atoms with Crippen LogP contribution in [0.4, 0.5) is 5.82 Å². The zero-order valence-electron chi connectivity index (χ0n) is 12.0. The second-order valence-corrected chi connectivity index (χ2v) is 4.34. The van der Waals surface area contributed by atoms with Crippen LogP contribution in [-0.4, -0.2) is 33.5 Å². The number of aliphatic hydroxyl groups excluding tert-OH is 1. The molecule has 0 unspecified atom stereocenters. The van der Waals surface area contributed by atoms with Gasteiger partial charge in [0.05, 0.1) is 5.52 Å². The molecular weight excluding hydrogens is 310 g/mol. The zero-order valence-corrected chi connectivity index (χ0v) is 12.8. The molecule has 0 radical (unpaired) electrons. The number of nitrogens with one attached hydrogen (secondary N) is 1. The van der Waals surface area contributed by atoms with Crippen LogP contribution in [0.25, 0.3) is 10.9 Å². The number of benzene rings is 1. The van der Waals surface area contributed by atoms with Crippen molar-refractivity contribution in [3.63, 3.8) is 0 Å². The number of unbranched alkanes of at least 4 members (excludes halogenated alkanes) is 2. The van der Waals surface area contributed by atoms with Gasteiger partial charge in [0.1, 0.15) is 5.82 Å². The average molecular weight is 330 g/mol. The lowest BCUT2D eigenvalue weighted by molar-refractivity contribution is -0.742. The van der Waals surface area contributed by atoms with Crippen molar-refractivity contribution in [2.75, 3.05) is 18.5 Å². The van der Waals surface area contributed by atoms with E-state index in [0.717, 1.165) is 37.1 Å². The van der Waals surface area contributed by atoms with Crippen LogP contribution < -0.4 is 5.32 Å². The lowest BCUT2D eigenvalue weighted by Gasteiger charge is -2.06. The van der Waals surface area contributed by atoms with Crippen molar-refractivity contribution in [3.8, 4) is 0 Å². The Labute approximate surface area is 134 Å². The van der Waals surface area contributed by atoms with Gasteiger partial charge in [-0.15, -0.1) is 22.5 Å². The Bertz CT molecular complexity index is 565. The van der Waals surface area contributed by atoms with Crippen molar-refractivity contribution in [1.82, 2.24) is 4.98 Å². The molecule has 0 aliphatic heterocycles. The molecule has 0 aliphatic rings. The monoisotopic (exact) mass is 329 g/mol. The molecule has 8 heteroatoms.